The summed E-state index contributed by atoms with van der Waals surface area (Å²) in [7, 11) is 1.82. The van der Waals surface area contributed by atoms with E-state index in [2.05, 4.69) is 21.2 Å². The molecule has 1 amide bonds. The van der Waals surface area contributed by atoms with E-state index in [1.807, 2.05) is 26.1 Å². The molecule has 0 aromatic carbocycles. The largest absolute Gasteiger partial charge is 0.467 e. The fourth-order valence-corrected chi connectivity index (χ4v) is 3.13. The van der Waals surface area contributed by atoms with Crippen LogP contribution in [0.25, 0.3) is 0 Å². The summed E-state index contributed by atoms with van der Waals surface area (Å²) in [6, 6.07) is 5.84. The van der Waals surface area contributed by atoms with E-state index in [9.17, 15) is 4.79 Å². The summed E-state index contributed by atoms with van der Waals surface area (Å²) >= 11 is 0. The van der Waals surface area contributed by atoms with Gasteiger partial charge in [-0.3, -0.25) is 14.8 Å². The average molecular weight is 316 g/mol. The molecule has 3 heterocycles. The summed E-state index contributed by atoms with van der Waals surface area (Å²) < 4.78 is 5.30. The highest BCUT2D eigenvalue weighted by molar-refractivity contribution is 5.77. The number of likely N-dealkylation sites (N-methyl/N-ethyl adjacent to an activating group) is 1. The lowest BCUT2D eigenvalue weighted by molar-refractivity contribution is -0.132. The molecule has 0 bridgehead atoms. The highest BCUT2D eigenvalue weighted by Gasteiger charge is 2.25. The van der Waals surface area contributed by atoms with Crippen LogP contribution in [0.15, 0.2) is 28.9 Å². The number of aromatic amines is 1. The number of hydrogen-bond donors (Lipinski definition) is 1. The number of aromatic nitrogens is 2. The van der Waals surface area contributed by atoms with Crippen LogP contribution < -0.4 is 0 Å². The SMILES string of the molecule is Cc1cc([C@H]2CCCN(CC(=O)N(C)Cc3ccco3)C2)n[nH]1. The van der Waals surface area contributed by atoms with Crippen LogP contribution in [0.5, 0.6) is 0 Å². The Balaban J connectivity index is 1.53. The Kier molecular flexibility index (Phi) is 4.81. The topological polar surface area (TPSA) is 65.4 Å². The molecule has 0 aliphatic carbocycles. The van der Waals surface area contributed by atoms with Gasteiger partial charge in [-0.1, -0.05) is 0 Å². The third kappa shape index (κ3) is 4.01. The Morgan fingerprint density at radius 2 is 2.43 bits per heavy atom. The lowest BCUT2D eigenvalue weighted by Crippen LogP contribution is -2.42. The highest BCUT2D eigenvalue weighted by Crippen LogP contribution is 2.25. The summed E-state index contributed by atoms with van der Waals surface area (Å²) in [6.45, 7) is 4.86. The molecule has 2 aromatic rings. The van der Waals surface area contributed by atoms with Crippen molar-refractivity contribution in [1.29, 1.82) is 0 Å². The summed E-state index contributed by atoms with van der Waals surface area (Å²) in [5.41, 5.74) is 2.20. The number of carbonyl (C=O) groups is 1. The zero-order valence-electron chi connectivity index (χ0n) is 13.8. The predicted octanol–water partition coefficient (Wildman–Crippen LogP) is 2.15. The van der Waals surface area contributed by atoms with Gasteiger partial charge in [0.2, 0.25) is 5.91 Å². The van der Waals surface area contributed by atoms with Crippen LogP contribution in [0.1, 0.15) is 35.9 Å². The minimum absolute atomic E-state index is 0.125. The van der Waals surface area contributed by atoms with Gasteiger partial charge in [-0.05, 0) is 44.5 Å². The number of furan rings is 1. The fourth-order valence-electron chi connectivity index (χ4n) is 3.13. The molecule has 1 aliphatic heterocycles. The molecule has 2 aromatic heterocycles. The zero-order chi connectivity index (χ0) is 16.2. The molecule has 3 rings (SSSR count). The van der Waals surface area contributed by atoms with E-state index in [4.69, 9.17) is 4.42 Å². The second-order valence-electron chi connectivity index (χ2n) is 6.38. The van der Waals surface area contributed by atoms with E-state index >= 15 is 0 Å². The first-order valence-electron chi connectivity index (χ1n) is 8.12. The molecule has 1 aliphatic rings. The van der Waals surface area contributed by atoms with Gasteiger partial charge in [-0.25, -0.2) is 0 Å². The molecule has 0 unspecified atom stereocenters. The predicted molar refractivity (Wildman–Crippen MR) is 86.9 cm³/mol. The molecule has 6 nitrogen and oxygen atoms in total. The Morgan fingerprint density at radius 3 is 3.13 bits per heavy atom. The lowest BCUT2D eigenvalue weighted by atomic mass is 9.94. The number of nitrogens with zero attached hydrogens (tertiary/aromatic N) is 3. The molecule has 1 fully saturated rings. The number of aryl methyl sites for hydroxylation is 1. The van der Waals surface area contributed by atoms with E-state index in [1.165, 1.54) is 0 Å². The van der Waals surface area contributed by atoms with Crippen molar-refractivity contribution in [2.45, 2.75) is 32.2 Å². The van der Waals surface area contributed by atoms with Crippen LogP contribution in [-0.2, 0) is 11.3 Å². The van der Waals surface area contributed by atoms with Gasteiger partial charge in [0.25, 0.3) is 0 Å². The van der Waals surface area contributed by atoms with Crippen molar-refractivity contribution in [3.8, 4) is 0 Å². The number of likely N-dealkylation sites (tertiary alicyclic amines) is 1. The minimum atomic E-state index is 0.125. The first-order chi connectivity index (χ1) is 11.1. The molecule has 0 radical (unpaired) electrons. The van der Waals surface area contributed by atoms with Crippen molar-refractivity contribution in [2.24, 2.45) is 0 Å². The number of rotatable bonds is 5. The number of carbonyl (C=O) groups excluding carboxylic acids is 1. The standard InChI is InChI=1S/C17H24N4O2/c1-13-9-16(19-18-13)14-5-3-7-21(10-14)12-17(22)20(2)11-15-6-4-8-23-15/h4,6,8-9,14H,3,5,7,10-12H2,1-2H3,(H,18,19)/t14-/m0/s1. The van der Waals surface area contributed by atoms with Crippen molar-refractivity contribution >= 4 is 5.91 Å². The van der Waals surface area contributed by atoms with E-state index in [0.29, 0.717) is 19.0 Å². The maximum absolute atomic E-state index is 12.4. The molecule has 1 atom stereocenters. The van der Waals surface area contributed by atoms with Gasteiger partial charge >= 0.3 is 0 Å². The molecular formula is C17H24N4O2. The summed E-state index contributed by atoms with van der Waals surface area (Å²) in [5.74, 6) is 1.35. The van der Waals surface area contributed by atoms with Gasteiger partial charge in [-0.15, -0.1) is 0 Å². The molecule has 0 spiro atoms. The second kappa shape index (κ2) is 7.00. The maximum Gasteiger partial charge on any atom is 0.236 e. The van der Waals surface area contributed by atoms with Gasteiger partial charge in [0.15, 0.2) is 0 Å². The van der Waals surface area contributed by atoms with E-state index in [-0.39, 0.29) is 5.91 Å². The van der Waals surface area contributed by atoms with Crippen LogP contribution in [0.2, 0.25) is 0 Å². The Morgan fingerprint density at radius 1 is 1.57 bits per heavy atom. The molecule has 124 valence electrons. The van der Waals surface area contributed by atoms with E-state index in [0.717, 1.165) is 43.1 Å². The maximum atomic E-state index is 12.4. The first kappa shape index (κ1) is 15.8. The van der Waals surface area contributed by atoms with Crippen LogP contribution in [0.4, 0.5) is 0 Å². The van der Waals surface area contributed by atoms with Gasteiger partial charge in [-0.2, -0.15) is 5.10 Å². The Hall–Kier alpha value is -2.08. The molecule has 1 saturated heterocycles. The summed E-state index contributed by atoms with van der Waals surface area (Å²) in [6.07, 6.45) is 3.87. The van der Waals surface area contributed by atoms with Gasteiger partial charge in [0.05, 0.1) is 25.0 Å². The number of nitrogens with one attached hydrogen (secondary N) is 1. The number of H-pyrrole nitrogens is 1. The monoisotopic (exact) mass is 316 g/mol. The van der Waals surface area contributed by atoms with Crippen LogP contribution in [0, 0.1) is 6.92 Å². The first-order valence-corrected chi connectivity index (χ1v) is 8.12. The van der Waals surface area contributed by atoms with Crippen molar-refractivity contribution in [2.75, 3.05) is 26.7 Å². The molecule has 1 N–H and O–H groups in total. The summed E-state index contributed by atoms with van der Waals surface area (Å²) in [5, 5.41) is 7.39. The van der Waals surface area contributed by atoms with Gasteiger partial charge < -0.3 is 9.32 Å². The Bertz CT molecular complexity index is 635. The third-order valence-electron chi connectivity index (χ3n) is 4.41. The number of hydrogen-bond acceptors (Lipinski definition) is 4. The molecule has 6 heteroatoms. The molecular weight excluding hydrogens is 292 g/mol. The third-order valence-corrected chi connectivity index (χ3v) is 4.41. The smallest absolute Gasteiger partial charge is 0.236 e. The Labute approximate surface area is 136 Å². The number of amides is 1. The lowest BCUT2D eigenvalue weighted by Gasteiger charge is -2.32. The van der Waals surface area contributed by atoms with Gasteiger partial charge in [0.1, 0.15) is 5.76 Å². The fraction of sp³-hybridized carbons (Fsp3) is 0.529. The van der Waals surface area contributed by atoms with Crippen LogP contribution in [0.3, 0.4) is 0 Å². The van der Waals surface area contributed by atoms with Crippen LogP contribution >= 0.6 is 0 Å². The zero-order valence-corrected chi connectivity index (χ0v) is 13.8. The molecule has 0 saturated carbocycles. The van der Waals surface area contributed by atoms with Crippen LogP contribution in [-0.4, -0.2) is 52.6 Å². The number of piperidine rings is 1. The minimum Gasteiger partial charge on any atom is -0.467 e. The second-order valence-corrected chi connectivity index (χ2v) is 6.38. The normalized spacial score (nSPS) is 19.0. The molecule has 23 heavy (non-hydrogen) atoms. The average Bonchev–Trinajstić information content (AvgIpc) is 3.19. The van der Waals surface area contributed by atoms with Crippen molar-refractivity contribution in [1.82, 2.24) is 20.0 Å². The van der Waals surface area contributed by atoms with Crippen molar-refractivity contribution in [3.05, 3.63) is 41.6 Å². The van der Waals surface area contributed by atoms with E-state index in [1.54, 1.807) is 11.2 Å². The van der Waals surface area contributed by atoms with Crippen molar-refractivity contribution in [3.63, 3.8) is 0 Å². The van der Waals surface area contributed by atoms with Crippen molar-refractivity contribution < 1.29 is 9.21 Å². The van der Waals surface area contributed by atoms with Gasteiger partial charge in [0, 0.05) is 25.2 Å². The quantitative estimate of drug-likeness (QED) is 0.918. The highest BCUT2D eigenvalue weighted by atomic mass is 16.3. The van der Waals surface area contributed by atoms with E-state index < -0.39 is 0 Å². The summed E-state index contributed by atoms with van der Waals surface area (Å²) in [4.78, 5) is 16.4.